The third-order valence-electron chi connectivity index (χ3n) is 4.92. The van der Waals surface area contributed by atoms with Gasteiger partial charge in [-0.2, -0.15) is 0 Å². The first-order chi connectivity index (χ1) is 13.2. The summed E-state index contributed by atoms with van der Waals surface area (Å²) < 4.78 is 12.2. The molecular formula is C18H23N5O3S. The van der Waals surface area contributed by atoms with Gasteiger partial charge in [-0.1, -0.05) is 37.1 Å². The molecule has 2 heterocycles. The van der Waals surface area contributed by atoms with Gasteiger partial charge in [0.15, 0.2) is 17.3 Å². The van der Waals surface area contributed by atoms with Crippen LogP contribution < -0.4 is 20.6 Å². The standard InChI is InChI=1S/C18H23N5O3S/c19-23-17(13-4-2-1-3-5-13)21-22-18(23)27-10-16(24)20-9-12-6-7-14-15(8-12)26-11-25-14/h6-8,13H,1-5,9-11,19H2,(H,20,24). The molecule has 1 amide bonds. The van der Waals surface area contributed by atoms with Crippen LogP contribution in [0.15, 0.2) is 23.4 Å². The summed E-state index contributed by atoms with van der Waals surface area (Å²) in [6.07, 6.45) is 5.91. The van der Waals surface area contributed by atoms with Crippen molar-refractivity contribution in [2.24, 2.45) is 0 Å². The second-order valence-electron chi connectivity index (χ2n) is 6.80. The highest BCUT2D eigenvalue weighted by molar-refractivity contribution is 7.99. The van der Waals surface area contributed by atoms with E-state index in [1.54, 1.807) is 4.68 Å². The molecule has 144 valence electrons. The molecule has 2 aliphatic rings. The summed E-state index contributed by atoms with van der Waals surface area (Å²) in [6.45, 7) is 0.670. The third kappa shape index (κ3) is 4.13. The first-order valence-corrected chi connectivity index (χ1v) is 10.2. The van der Waals surface area contributed by atoms with Gasteiger partial charge in [0.1, 0.15) is 0 Å². The minimum Gasteiger partial charge on any atom is -0.454 e. The first kappa shape index (κ1) is 18.0. The quantitative estimate of drug-likeness (QED) is 0.576. The van der Waals surface area contributed by atoms with Crippen molar-refractivity contribution in [3.8, 4) is 11.5 Å². The van der Waals surface area contributed by atoms with Crippen molar-refractivity contribution in [3.63, 3.8) is 0 Å². The molecule has 0 atom stereocenters. The van der Waals surface area contributed by atoms with Crippen LogP contribution in [0.1, 0.15) is 49.4 Å². The van der Waals surface area contributed by atoms with Crippen LogP contribution in [0.4, 0.5) is 0 Å². The maximum Gasteiger partial charge on any atom is 0.231 e. The molecule has 27 heavy (non-hydrogen) atoms. The monoisotopic (exact) mass is 389 g/mol. The Labute approximate surface area is 161 Å². The number of thioether (sulfide) groups is 1. The fourth-order valence-electron chi connectivity index (χ4n) is 3.46. The topological polar surface area (TPSA) is 104 Å². The molecule has 1 fully saturated rings. The number of carbonyl (C=O) groups is 1. The van der Waals surface area contributed by atoms with E-state index >= 15 is 0 Å². The zero-order valence-corrected chi connectivity index (χ0v) is 15.8. The van der Waals surface area contributed by atoms with Gasteiger partial charge in [0.05, 0.1) is 5.75 Å². The van der Waals surface area contributed by atoms with E-state index in [4.69, 9.17) is 15.3 Å². The summed E-state index contributed by atoms with van der Waals surface area (Å²) in [5.41, 5.74) is 0.958. The normalized spacial score (nSPS) is 16.4. The Morgan fingerprint density at radius 2 is 2.04 bits per heavy atom. The number of fused-ring (bicyclic) bond motifs is 1. The van der Waals surface area contributed by atoms with E-state index < -0.39 is 0 Å². The molecule has 0 spiro atoms. The number of hydrogen-bond acceptors (Lipinski definition) is 7. The lowest BCUT2D eigenvalue weighted by Gasteiger charge is -2.20. The molecule has 0 unspecified atom stereocenters. The summed E-state index contributed by atoms with van der Waals surface area (Å²) in [7, 11) is 0. The van der Waals surface area contributed by atoms with E-state index in [-0.39, 0.29) is 18.5 Å². The van der Waals surface area contributed by atoms with Crippen LogP contribution in [0, 0.1) is 0 Å². The third-order valence-corrected chi connectivity index (χ3v) is 5.86. The number of nitrogens with zero attached hydrogens (tertiary/aromatic N) is 3. The minimum absolute atomic E-state index is 0.0834. The Kier molecular flexibility index (Phi) is 5.38. The van der Waals surface area contributed by atoms with E-state index in [1.165, 1.54) is 31.0 Å². The molecule has 1 aliphatic heterocycles. The summed E-state index contributed by atoms with van der Waals surface area (Å²) in [6, 6.07) is 5.64. The van der Waals surface area contributed by atoms with E-state index in [9.17, 15) is 4.79 Å². The van der Waals surface area contributed by atoms with Gasteiger partial charge in [-0.05, 0) is 30.5 Å². The Balaban J connectivity index is 1.27. The summed E-state index contributed by atoms with van der Waals surface area (Å²) in [4.78, 5) is 12.2. The average Bonchev–Trinajstić information content (AvgIpc) is 3.31. The predicted octanol–water partition coefficient (Wildman–Crippen LogP) is 2.18. The number of nitrogen functional groups attached to an aromatic ring is 1. The molecule has 3 N–H and O–H groups in total. The SMILES string of the molecule is Nn1c(SCC(=O)NCc2ccc3c(c2)OCO3)nnc1C1CCCCC1. The van der Waals surface area contributed by atoms with Crippen molar-refractivity contribution >= 4 is 17.7 Å². The Hall–Kier alpha value is -2.42. The number of carbonyl (C=O) groups excluding carboxylic acids is 1. The van der Waals surface area contributed by atoms with Crippen LogP contribution in [-0.2, 0) is 11.3 Å². The number of nitrogens with two attached hydrogens (primary N) is 1. The van der Waals surface area contributed by atoms with Crippen LogP contribution in [0.5, 0.6) is 11.5 Å². The molecule has 1 aromatic carbocycles. The molecule has 2 aromatic rings. The van der Waals surface area contributed by atoms with Gasteiger partial charge in [-0.15, -0.1) is 10.2 Å². The zero-order valence-electron chi connectivity index (χ0n) is 15.0. The predicted molar refractivity (Wildman–Crippen MR) is 101 cm³/mol. The van der Waals surface area contributed by atoms with Gasteiger partial charge in [-0.25, -0.2) is 4.68 Å². The lowest BCUT2D eigenvalue weighted by molar-refractivity contribution is -0.118. The fourth-order valence-corrected chi connectivity index (χ4v) is 4.15. The smallest absolute Gasteiger partial charge is 0.231 e. The van der Waals surface area contributed by atoms with Gasteiger partial charge in [0.25, 0.3) is 0 Å². The van der Waals surface area contributed by atoms with Crippen LogP contribution in [0.2, 0.25) is 0 Å². The highest BCUT2D eigenvalue weighted by Gasteiger charge is 2.22. The van der Waals surface area contributed by atoms with Crippen molar-refractivity contribution in [2.75, 3.05) is 18.4 Å². The van der Waals surface area contributed by atoms with Crippen molar-refractivity contribution in [1.29, 1.82) is 0 Å². The molecule has 1 saturated carbocycles. The summed E-state index contributed by atoms with van der Waals surface area (Å²) in [5, 5.41) is 11.9. The summed E-state index contributed by atoms with van der Waals surface area (Å²) >= 11 is 1.30. The van der Waals surface area contributed by atoms with Gasteiger partial charge >= 0.3 is 0 Å². The van der Waals surface area contributed by atoms with Crippen LogP contribution in [0.3, 0.4) is 0 Å². The molecule has 0 saturated heterocycles. The molecule has 0 radical (unpaired) electrons. The maximum absolute atomic E-state index is 12.2. The van der Waals surface area contributed by atoms with E-state index in [1.807, 2.05) is 18.2 Å². The van der Waals surface area contributed by atoms with Crippen LogP contribution in [0.25, 0.3) is 0 Å². The number of hydrogen-bond donors (Lipinski definition) is 2. The number of benzene rings is 1. The van der Waals surface area contributed by atoms with Gasteiger partial charge < -0.3 is 20.6 Å². The number of nitrogens with one attached hydrogen (secondary N) is 1. The number of rotatable bonds is 6. The van der Waals surface area contributed by atoms with E-state index in [0.29, 0.717) is 23.4 Å². The first-order valence-electron chi connectivity index (χ1n) is 9.19. The summed E-state index contributed by atoms with van der Waals surface area (Å²) in [5.74, 6) is 8.96. The van der Waals surface area contributed by atoms with Gasteiger partial charge in [0.2, 0.25) is 17.9 Å². The van der Waals surface area contributed by atoms with Crippen molar-refractivity contribution in [3.05, 3.63) is 29.6 Å². The molecule has 4 rings (SSSR count). The Bertz CT molecular complexity index is 819. The highest BCUT2D eigenvalue weighted by Crippen LogP contribution is 2.33. The van der Waals surface area contributed by atoms with Gasteiger partial charge in [0, 0.05) is 12.5 Å². The van der Waals surface area contributed by atoms with Crippen molar-refractivity contribution in [1.82, 2.24) is 20.2 Å². The van der Waals surface area contributed by atoms with Crippen LogP contribution >= 0.6 is 11.8 Å². The fraction of sp³-hybridized carbons (Fsp3) is 0.500. The Morgan fingerprint density at radius 1 is 1.22 bits per heavy atom. The largest absolute Gasteiger partial charge is 0.454 e. The average molecular weight is 389 g/mol. The Morgan fingerprint density at radius 3 is 2.89 bits per heavy atom. The molecule has 8 nitrogen and oxygen atoms in total. The second-order valence-corrected chi connectivity index (χ2v) is 7.74. The van der Waals surface area contributed by atoms with E-state index in [0.717, 1.165) is 30.0 Å². The number of aromatic nitrogens is 3. The second kappa shape index (κ2) is 8.08. The zero-order chi connectivity index (χ0) is 18.6. The van der Waals surface area contributed by atoms with Crippen LogP contribution in [-0.4, -0.2) is 33.3 Å². The van der Waals surface area contributed by atoms with Crippen molar-refractivity contribution < 1.29 is 14.3 Å². The lowest BCUT2D eigenvalue weighted by atomic mass is 9.89. The van der Waals surface area contributed by atoms with Gasteiger partial charge in [-0.3, -0.25) is 4.79 Å². The molecule has 1 aliphatic carbocycles. The highest BCUT2D eigenvalue weighted by atomic mass is 32.2. The molecular weight excluding hydrogens is 366 g/mol. The minimum atomic E-state index is -0.0834. The molecule has 0 bridgehead atoms. The molecule has 9 heteroatoms. The number of amides is 1. The lowest BCUT2D eigenvalue weighted by Crippen LogP contribution is -2.25. The maximum atomic E-state index is 12.2. The molecule has 1 aromatic heterocycles. The van der Waals surface area contributed by atoms with E-state index in [2.05, 4.69) is 15.5 Å². The number of ether oxygens (including phenoxy) is 2. The van der Waals surface area contributed by atoms with Crippen molar-refractivity contribution in [2.45, 2.75) is 49.7 Å².